The molecule has 4 aromatic rings. The number of rotatable bonds is 5. The van der Waals surface area contributed by atoms with Gasteiger partial charge in [0.05, 0.1) is 34.7 Å². The Balaban J connectivity index is 1.68. The third kappa shape index (κ3) is 4.44. The quantitative estimate of drug-likeness (QED) is 0.427. The molecule has 4 rings (SSSR count). The van der Waals surface area contributed by atoms with Crippen LogP contribution in [0.3, 0.4) is 0 Å². The Labute approximate surface area is 197 Å². The number of nitriles is 1. The summed E-state index contributed by atoms with van der Waals surface area (Å²) in [6.07, 6.45) is 1.62. The molecule has 0 aliphatic rings. The molecule has 0 aliphatic heterocycles. The molecule has 0 fully saturated rings. The van der Waals surface area contributed by atoms with Crippen LogP contribution >= 0.6 is 15.9 Å². The van der Waals surface area contributed by atoms with Crippen molar-refractivity contribution >= 4 is 44.3 Å². The number of benzene rings is 1. The van der Waals surface area contributed by atoms with E-state index in [9.17, 15) is 9.59 Å². The van der Waals surface area contributed by atoms with Crippen molar-refractivity contribution in [3.05, 3.63) is 81.0 Å². The molecule has 0 radical (unpaired) electrons. The number of nitrogens with two attached hydrogens (primary N) is 1. The largest absolute Gasteiger partial charge is 0.364 e. The normalized spacial score (nSPS) is 10.7. The first-order chi connectivity index (χ1) is 15.8. The minimum absolute atomic E-state index is 0.00688. The van der Waals surface area contributed by atoms with Crippen LogP contribution in [0.25, 0.3) is 10.9 Å². The average Bonchev–Trinajstić information content (AvgIpc) is 3.06. The highest BCUT2D eigenvalue weighted by Gasteiger charge is 2.19. The number of carbonyl (C=O) groups excluding carboxylic acids is 2. The lowest BCUT2D eigenvalue weighted by Crippen LogP contribution is -2.18. The minimum Gasteiger partial charge on any atom is -0.364 e. The fourth-order valence-corrected chi connectivity index (χ4v) is 3.84. The van der Waals surface area contributed by atoms with E-state index in [0.29, 0.717) is 34.5 Å². The highest BCUT2D eigenvalue weighted by atomic mass is 79.9. The van der Waals surface area contributed by atoms with E-state index in [0.717, 1.165) is 15.7 Å². The second-order valence-corrected chi connectivity index (χ2v) is 8.32. The number of aryl methyl sites for hydroxylation is 1. The summed E-state index contributed by atoms with van der Waals surface area (Å²) >= 11 is 3.41. The third-order valence-corrected chi connectivity index (χ3v) is 5.65. The summed E-state index contributed by atoms with van der Waals surface area (Å²) in [5.41, 5.74) is 9.35. The maximum atomic E-state index is 13.3. The van der Waals surface area contributed by atoms with Crippen LogP contribution in [0.4, 0.5) is 5.69 Å². The van der Waals surface area contributed by atoms with Crippen molar-refractivity contribution in [1.82, 2.24) is 19.7 Å². The van der Waals surface area contributed by atoms with E-state index in [1.54, 1.807) is 42.1 Å². The van der Waals surface area contributed by atoms with Crippen LogP contribution in [0.2, 0.25) is 0 Å². The molecular formula is C23H18BrN7O2. The highest BCUT2D eigenvalue weighted by Crippen LogP contribution is 2.26. The van der Waals surface area contributed by atoms with Gasteiger partial charge >= 0.3 is 0 Å². The number of nitrogens with one attached hydrogen (secondary N) is 1. The standard InChI is InChI=1S/C23H18BrN7O2/c1-12-21(13(2)31(30-12)11-14-3-5-16(9-25)27-10-14)29-23(33)18-8-20(22(26)32)28-19-6-4-15(24)7-17(18)19/h3-8,10H,11H2,1-2H3,(H2,26,32)(H,29,33). The molecule has 0 atom stereocenters. The molecule has 164 valence electrons. The monoisotopic (exact) mass is 503 g/mol. The zero-order valence-corrected chi connectivity index (χ0v) is 19.3. The van der Waals surface area contributed by atoms with Gasteiger partial charge in [-0.15, -0.1) is 0 Å². The Bertz CT molecular complexity index is 1450. The lowest BCUT2D eigenvalue weighted by molar-refractivity contribution is 0.0996. The van der Waals surface area contributed by atoms with Gasteiger partial charge in [-0.2, -0.15) is 10.4 Å². The molecule has 0 saturated heterocycles. The van der Waals surface area contributed by atoms with Gasteiger partial charge in [0.1, 0.15) is 17.5 Å². The van der Waals surface area contributed by atoms with Crippen molar-refractivity contribution in [2.45, 2.75) is 20.4 Å². The van der Waals surface area contributed by atoms with Crippen LogP contribution in [0.15, 0.2) is 47.1 Å². The number of hydrogen-bond donors (Lipinski definition) is 2. The lowest BCUT2D eigenvalue weighted by Gasteiger charge is -2.11. The number of aromatic nitrogens is 4. The Kier molecular flexibility index (Phi) is 5.89. The van der Waals surface area contributed by atoms with Crippen LogP contribution in [-0.4, -0.2) is 31.6 Å². The summed E-state index contributed by atoms with van der Waals surface area (Å²) in [6, 6.07) is 12.1. The molecule has 2 amide bonds. The molecule has 0 unspecified atom stereocenters. The van der Waals surface area contributed by atoms with Crippen molar-refractivity contribution < 1.29 is 9.59 Å². The second kappa shape index (κ2) is 8.80. The van der Waals surface area contributed by atoms with Gasteiger partial charge in [0.2, 0.25) is 0 Å². The number of pyridine rings is 2. The minimum atomic E-state index is -0.718. The van der Waals surface area contributed by atoms with Crippen molar-refractivity contribution in [2.24, 2.45) is 5.73 Å². The van der Waals surface area contributed by atoms with Gasteiger partial charge in [-0.25, -0.2) is 9.97 Å². The van der Waals surface area contributed by atoms with Crippen molar-refractivity contribution in [2.75, 3.05) is 5.32 Å². The second-order valence-electron chi connectivity index (χ2n) is 7.40. The summed E-state index contributed by atoms with van der Waals surface area (Å²) < 4.78 is 2.53. The molecular weight excluding hydrogens is 486 g/mol. The molecule has 0 saturated carbocycles. The molecule has 1 aromatic carbocycles. The maximum absolute atomic E-state index is 13.3. The molecule has 3 aromatic heterocycles. The zero-order chi connectivity index (χ0) is 23.7. The fraction of sp³-hybridized carbons (Fsp3) is 0.130. The molecule has 33 heavy (non-hydrogen) atoms. The summed E-state index contributed by atoms with van der Waals surface area (Å²) in [6.45, 7) is 4.08. The molecule has 3 heterocycles. The van der Waals surface area contributed by atoms with Crippen molar-refractivity contribution in [3.8, 4) is 6.07 Å². The summed E-state index contributed by atoms with van der Waals surface area (Å²) in [7, 11) is 0. The van der Waals surface area contributed by atoms with E-state index in [2.05, 4.69) is 36.3 Å². The Hall–Kier alpha value is -4.10. The topological polar surface area (TPSA) is 140 Å². The number of primary amides is 1. The zero-order valence-electron chi connectivity index (χ0n) is 17.8. The van der Waals surface area contributed by atoms with Crippen molar-refractivity contribution in [1.29, 1.82) is 5.26 Å². The molecule has 10 heteroatoms. The van der Waals surface area contributed by atoms with Gasteiger partial charge in [0.25, 0.3) is 11.8 Å². The lowest BCUT2D eigenvalue weighted by atomic mass is 10.1. The SMILES string of the molecule is Cc1nn(Cc2ccc(C#N)nc2)c(C)c1NC(=O)c1cc(C(N)=O)nc2ccc(Br)cc12. The first-order valence-electron chi connectivity index (χ1n) is 9.87. The number of amides is 2. The number of carbonyl (C=O) groups is 2. The third-order valence-electron chi connectivity index (χ3n) is 5.16. The van der Waals surface area contributed by atoms with Crippen LogP contribution in [0.1, 0.15) is 43.5 Å². The molecule has 0 aliphatic carbocycles. The van der Waals surface area contributed by atoms with Gasteiger partial charge in [0, 0.05) is 16.1 Å². The number of nitrogens with zero attached hydrogens (tertiary/aromatic N) is 5. The summed E-state index contributed by atoms with van der Waals surface area (Å²) in [4.78, 5) is 33.4. The first kappa shape index (κ1) is 22.1. The number of hydrogen-bond acceptors (Lipinski definition) is 6. The molecule has 0 bridgehead atoms. The van der Waals surface area contributed by atoms with Crippen LogP contribution in [0, 0.1) is 25.2 Å². The van der Waals surface area contributed by atoms with Gasteiger partial charge in [-0.1, -0.05) is 22.0 Å². The Morgan fingerprint density at radius 3 is 2.67 bits per heavy atom. The van der Waals surface area contributed by atoms with Crippen LogP contribution < -0.4 is 11.1 Å². The Morgan fingerprint density at radius 1 is 1.21 bits per heavy atom. The molecule has 3 N–H and O–H groups in total. The number of anilines is 1. The average molecular weight is 504 g/mol. The highest BCUT2D eigenvalue weighted by molar-refractivity contribution is 9.10. The van der Waals surface area contributed by atoms with Gasteiger partial charge in [0.15, 0.2) is 0 Å². The first-order valence-corrected chi connectivity index (χ1v) is 10.7. The van der Waals surface area contributed by atoms with Gasteiger partial charge in [-0.05, 0) is 49.7 Å². The summed E-state index contributed by atoms with van der Waals surface area (Å²) in [5.74, 6) is -1.13. The van der Waals surface area contributed by atoms with Crippen LogP contribution in [-0.2, 0) is 6.54 Å². The smallest absolute Gasteiger partial charge is 0.267 e. The molecule has 0 spiro atoms. The predicted molar refractivity (Wildman–Crippen MR) is 126 cm³/mol. The van der Waals surface area contributed by atoms with E-state index in [1.165, 1.54) is 6.07 Å². The van der Waals surface area contributed by atoms with Crippen LogP contribution in [0.5, 0.6) is 0 Å². The maximum Gasteiger partial charge on any atom is 0.267 e. The number of fused-ring (bicyclic) bond motifs is 1. The number of halogens is 1. The Morgan fingerprint density at radius 2 is 2.00 bits per heavy atom. The van der Waals surface area contributed by atoms with Crippen molar-refractivity contribution in [3.63, 3.8) is 0 Å². The van der Waals surface area contributed by atoms with E-state index in [1.807, 2.05) is 19.1 Å². The van der Waals surface area contributed by atoms with E-state index >= 15 is 0 Å². The molecule has 9 nitrogen and oxygen atoms in total. The van der Waals surface area contributed by atoms with Gasteiger partial charge in [-0.3, -0.25) is 14.3 Å². The van der Waals surface area contributed by atoms with E-state index in [4.69, 9.17) is 11.0 Å². The fourth-order valence-electron chi connectivity index (χ4n) is 3.48. The van der Waals surface area contributed by atoms with E-state index in [-0.39, 0.29) is 11.3 Å². The summed E-state index contributed by atoms with van der Waals surface area (Å²) in [5, 5.41) is 16.9. The van der Waals surface area contributed by atoms with E-state index < -0.39 is 11.8 Å². The van der Waals surface area contributed by atoms with Gasteiger partial charge < -0.3 is 11.1 Å². The predicted octanol–water partition coefficient (Wildman–Crippen LogP) is 3.48.